The summed E-state index contributed by atoms with van der Waals surface area (Å²) in [5, 5.41) is 0. The molecule has 0 spiro atoms. The van der Waals surface area contributed by atoms with Gasteiger partial charge in [0.25, 0.3) is 0 Å². The Morgan fingerprint density at radius 3 is 1.47 bits per heavy atom. The molecule has 0 aromatic rings. The Balaban J connectivity index is 3.49. The van der Waals surface area contributed by atoms with Crippen LogP contribution in [0.4, 0.5) is 0 Å². The van der Waals surface area contributed by atoms with Crippen molar-refractivity contribution >= 4 is 11.9 Å². The third kappa shape index (κ3) is 11.2. The zero-order chi connectivity index (χ0) is 13.3. The number of esters is 2. The summed E-state index contributed by atoms with van der Waals surface area (Å²) in [4.78, 5) is 22.4. The summed E-state index contributed by atoms with van der Waals surface area (Å²) in [6, 6.07) is 0. The molecule has 0 aliphatic heterocycles. The van der Waals surface area contributed by atoms with Crippen molar-refractivity contribution in [3.63, 3.8) is 0 Å². The van der Waals surface area contributed by atoms with E-state index in [0.29, 0.717) is 31.5 Å². The van der Waals surface area contributed by atoms with Gasteiger partial charge in [0.1, 0.15) is 0 Å². The largest absolute Gasteiger partial charge is 0.465 e. The second-order valence-electron chi connectivity index (χ2n) is 5.01. The molecule has 0 aliphatic carbocycles. The van der Waals surface area contributed by atoms with Crippen LogP contribution in [-0.4, -0.2) is 25.2 Å². The first kappa shape index (κ1) is 15.9. The fourth-order valence-corrected chi connectivity index (χ4v) is 1.04. The molecule has 0 aromatic carbocycles. The standard InChI is InChI=1S/C13H24O4/c1-10(2)8-16-12(14)6-5-7-13(15)17-9-11(3)4/h10-11H,5-9H2,1-4H3. The van der Waals surface area contributed by atoms with Crippen molar-refractivity contribution in [2.45, 2.75) is 47.0 Å². The van der Waals surface area contributed by atoms with E-state index in [9.17, 15) is 9.59 Å². The van der Waals surface area contributed by atoms with Crippen LogP contribution >= 0.6 is 0 Å². The third-order valence-electron chi connectivity index (χ3n) is 1.92. The summed E-state index contributed by atoms with van der Waals surface area (Å²) in [5.41, 5.74) is 0. The highest BCUT2D eigenvalue weighted by atomic mass is 16.5. The minimum absolute atomic E-state index is 0.240. The molecule has 0 rings (SSSR count). The van der Waals surface area contributed by atoms with Gasteiger partial charge in [-0.15, -0.1) is 0 Å². The molecule has 0 amide bonds. The Bertz CT molecular complexity index is 210. The van der Waals surface area contributed by atoms with Crippen molar-refractivity contribution in [1.29, 1.82) is 0 Å². The Hall–Kier alpha value is -1.06. The fourth-order valence-electron chi connectivity index (χ4n) is 1.04. The lowest BCUT2D eigenvalue weighted by molar-refractivity contribution is -0.146. The fraction of sp³-hybridized carbons (Fsp3) is 0.846. The minimum Gasteiger partial charge on any atom is -0.465 e. The Labute approximate surface area is 104 Å². The maximum absolute atomic E-state index is 11.2. The lowest BCUT2D eigenvalue weighted by atomic mass is 10.2. The van der Waals surface area contributed by atoms with Crippen molar-refractivity contribution in [3.8, 4) is 0 Å². The average Bonchev–Trinajstić information content (AvgIpc) is 2.23. The first-order valence-electron chi connectivity index (χ1n) is 6.23. The Kier molecular flexibility index (Phi) is 8.46. The molecule has 0 radical (unpaired) electrons. The van der Waals surface area contributed by atoms with E-state index in [4.69, 9.17) is 9.47 Å². The van der Waals surface area contributed by atoms with E-state index < -0.39 is 0 Å². The highest BCUT2D eigenvalue weighted by Crippen LogP contribution is 2.03. The molecule has 0 saturated carbocycles. The lowest BCUT2D eigenvalue weighted by Crippen LogP contribution is -2.12. The van der Waals surface area contributed by atoms with Crippen LogP contribution in [0.15, 0.2) is 0 Å². The first-order chi connectivity index (χ1) is 7.91. The first-order valence-corrected chi connectivity index (χ1v) is 6.23. The summed E-state index contributed by atoms with van der Waals surface area (Å²) in [7, 11) is 0. The number of ether oxygens (including phenoxy) is 2. The molecule has 0 atom stereocenters. The summed E-state index contributed by atoms with van der Waals surface area (Å²) >= 11 is 0. The number of carbonyl (C=O) groups excluding carboxylic acids is 2. The Morgan fingerprint density at radius 2 is 1.18 bits per heavy atom. The normalized spacial score (nSPS) is 10.7. The highest BCUT2D eigenvalue weighted by molar-refractivity contribution is 5.72. The molecule has 0 heterocycles. The van der Waals surface area contributed by atoms with E-state index in [1.54, 1.807) is 0 Å². The summed E-state index contributed by atoms with van der Waals surface area (Å²) in [6.07, 6.45) is 1.06. The summed E-state index contributed by atoms with van der Waals surface area (Å²) in [5.74, 6) is 0.204. The molecule has 0 aliphatic rings. The van der Waals surface area contributed by atoms with Gasteiger partial charge in [-0.3, -0.25) is 9.59 Å². The SMILES string of the molecule is CC(C)COC(=O)CCCC(=O)OCC(C)C. The average molecular weight is 244 g/mol. The van der Waals surface area contributed by atoms with Crippen molar-refractivity contribution in [1.82, 2.24) is 0 Å². The van der Waals surface area contributed by atoms with Crippen LogP contribution in [0, 0.1) is 11.8 Å². The highest BCUT2D eigenvalue weighted by Gasteiger charge is 2.08. The van der Waals surface area contributed by atoms with E-state index >= 15 is 0 Å². The van der Waals surface area contributed by atoms with Crippen LogP contribution in [0.2, 0.25) is 0 Å². The van der Waals surface area contributed by atoms with Crippen molar-refractivity contribution in [2.24, 2.45) is 11.8 Å². The van der Waals surface area contributed by atoms with Crippen LogP contribution in [0.5, 0.6) is 0 Å². The van der Waals surface area contributed by atoms with Crippen LogP contribution < -0.4 is 0 Å². The van der Waals surface area contributed by atoms with Gasteiger partial charge in [-0.1, -0.05) is 27.7 Å². The zero-order valence-corrected chi connectivity index (χ0v) is 11.3. The van der Waals surface area contributed by atoms with E-state index in [1.807, 2.05) is 27.7 Å². The molecule has 0 aromatic heterocycles. The predicted molar refractivity (Wildman–Crippen MR) is 65.4 cm³/mol. The van der Waals surface area contributed by atoms with Gasteiger partial charge in [0.15, 0.2) is 0 Å². The monoisotopic (exact) mass is 244 g/mol. The summed E-state index contributed by atoms with van der Waals surface area (Å²) in [6.45, 7) is 8.81. The van der Waals surface area contributed by atoms with Gasteiger partial charge in [0, 0.05) is 12.8 Å². The van der Waals surface area contributed by atoms with Crippen molar-refractivity contribution in [2.75, 3.05) is 13.2 Å². The van der Waals surface area contributed by atoms with Gasteiger partial charge in [-0.2, -0.15) is 0 Å². The molecule has 4 nitrogen and oxygen atoms in total. The van der Waals surface area contributed by atoms with Crippen LogP contribution in [0.25, 0.3) is 0 Å². The van der Waals surface area contributed by atoms with Crippen LogP contribution in [0.1, 0.15) is 47.0 Å². The number of hydrogen-bond donors (Lipinski definition) is 0. The smallest absolute Gasteiger partial charge is 0.305 e. The van der Waals surface area contributed by atoms with Gasteiger partial charge in [0.2, 0.25) is 0 Å². The topological polar surface area (TPSA) is 52.6 Å². The second-order valence-corrected chi connectivity index (χ2v) is 5.01. The lowest BCUT2D eigenvalue weighted by Gasteiger charge is -2.08. The van der Waals surface area contributed by atoms with E-state index in [-0.39, 0.29) is 24.8 Å². The van der Waals surface area contributed by atoms with Crippen molar-refractivity contribution < 1.29 is 19.1 Å². The molecular weight excluding hydrogens is 220 g/mol. The molecule has 4 heteroatoms. The molecule has 0 saturated heterocycles. The summed E-state index contributed by atoms with van der Waals surface area (Å²) < 4.78 is 9.98. The molecular formula is C13H24O4. The molecule has 0 bridgehead atoms. The third-order valence-corrected chi connectivity index (χ3v) is 1.92. The zero-order valence-electron chi connectivity index (χ0n) is 11.3. The Morgan fingerprint density at radius 1 is 0.824 bits per heavy atom. The maximum atomic E-state index is 11.2. The van der Waals surface area contributed by atoms with Crippen LogP contribution in [-0.2, 0) is 19.1 Å². The van der Waals surface area contributed by atoms with Gasteiger partial charge in [0.05, 0.1) is 13.2 Å². The maximum Gasteiger partial charge on any atom is 0.305 e. The van der Waals surface area contributed by atoms with Crippen LogP contribution in [0.3, 0.4) is 0 Å². The second kappa shape index (κ2) is 9.02. The van der Waals surface area contributed by atoms with E-state index in [2.05, 4.69) is 0 Å². The molecule has 0 unspecified atom stereocenters. The number of rotatable bonds is 8. The van der Waals surface area contributed by atoms with E-state index in [0.717, 1.165) is 0 Å². The molecule has 0 fully saturated rings. The number of carbonyl (C=O) groups is 2. The van der Waals surface area contributed by atoms with Crippen molar-refractivity contribution in [3.05, 3.63) is 0 Å². The number of hydrogen-bond acceptors (Lipinski definition) is 4. The molecule has 100 valence electrons. The molecule has 17 heavy (non-hydrogen) atoms. The van der Waals surface area contributed by atoms with Gasteiger partial charge in [-0.25, -0.2) is 0 Å². The predicted octanol–water partition coefficient (Wildman–Crippen LogP) is 2.56. The molecule has 0 N–H and O–H groups in total. The van der Waals surface area contributed by atoms with Gasteiger partial charge >= 0.3 is 11.9 Å². The van der Waals surface area contributed by atoms with E-state index in [1.165, 1.54) is 0 Å². The van der Waals surface area contributed by atoms with Gasteiger partial charge in [-0.05, 0) is 18.3 Å². The minimum atomic E-state index is -0.240. The van der Waals surface area contributed by atoms with Gasteiger partial charge < -0.3 is 9.47 Å². The quantitative estimate of drug-likeness (QED) is 0.616.